The summed E-state index contributed by atoms with van der Waals surface area (Å²) in [6.45, 7) is 3.57. The van der Waals surface area contributed by atoms with Crippen LogP contribution in [-0.2, 0) is 33.4 Å². The number of thiazole rings is 1. The molecule has 182 valence electrons. The number of halogens is 2. The number of rotatable bonds is 9. The molecule has 0 atom stereocenters. The molecule has 2 N–H and O–H groups in total. The predicted octanol–water partition coefficient (Wildman–Crippen LogP) is 4.47. The second kappa shape index (κ2) is 12.3. The van der Waals surface area contributed by atoms with E-state index in [4.69, 9.17) is 21.5 Å². The van der Waals surface area contributed by atoms with Gasteiger partial charge in [-0.3, -0.25) is 4.79 Å². The molecular formula is C23H25ClFN3O4S2. The van der Waals surface area contributed by atoms with Gasteiger partial charge in [-0.05, 0) is 49.2 Å². The normalized spacial score (nSPS) is 13.5. The van der Waals surface area contributed by atoms with Gasteiger partial charge in [0.2, 0.25) is 0 Å². The fraction of sp³-hybridized carbons (Fsp3) is 0.304. The summed E-state index contributed by atoms with van der Waals surface area (Å²) in [6, 6.07) is 10.5. The van der Waals surface area contributed by atoms with Gasteiger partial charge in [0, 0.05) is 18.5 Å². The predicted molar refractivity (Wildman–Crippen MR) is 132 cm³/mol. The van der Waals surface area contributed by atoms with E-state index in [0.29, 0.717) is 17.9 Å². The van der Waals surface area contributed by atoms with Gasteiger partial charge >= 0.3 is 0 Å². The fourth-order valence-electron chi connectivity index (χ4n) is 3.53. The molecule has 0 saturated carbocycles. The van der Waals surface area contributed by atoms with Crippen LogP contribution in [0.1, 0.15) is 23.2 Å². The first-order chi connectivity index (χ1) is 16.3. The molecule has 7 nitrogen and oxygen atoms in total. The average molecular weight is 526 g/mol. The maximum absolute atomic E-state index is 14.7. The zero-order valence-corrected chi connectivity index (χ0v) is 20.7. The van der Waals surface area contributed by atoms with E-state index < -0.39 is 20.5 Å². The highest BCUT2D eigenvalue weighted by atomic mass is 35.5. The van der Waals surface area contributed by atoms with Crippen LogP contribution in [0.3, 0.4) is 0 Å². The van der Waals surface area contributed by atoms with Gasteiger partial charge < -0.3 is 15.3 Å². The van der Waals surface area contributed by atoms with E-state index in [0.717, 1.165) is 37.7 Å². The Balaban J connectivity index is 0.00000103. The lowest BCUT2D eigenvalue weighted by atomic mass is 10.0. The van der Waals surface area contributed by atoms with E-state index in [1.165, 1.54) is 29.4 Å². The molecule has 0 bridgehead atoms. The quantitative estimate of drug-likeness (QED) is 0.397. The number of hydrogen-bond acceptors (Lipinski definition) is 7. The highest BCUT2D eigenvalue weighted by Crippen LogP contribution is 2.30. The maximum Gasteiger partial charge on any atom is 0.290 e. The summed E-state index contributed by atoms with van der Waals surface area (Å²) in [7, 11) is -3.89. The molecule has 0 amide bonds. The van der Waals surface area contributed by atoms with Crippen molar-refractivity contribution in [3.05, 3.63) is 74.9 Å². The van der Waals surface area contributed by atoms with Gasteiger partial charge in [-0.25, -0.2) is 17.8 Å². The average Bonchev–Trinajstić information content (AvgIpc) is 3.26. The summed E-state index contributed by atoms with van der Waals surface area (Å²) in [4.78, 5) is 14.3. The van der Waals surface area contributed by atoms with Crippen molar-refractivity contribution in [2.75, 3.05) is 25.0 Å². The third kappa shape index (κ3) is 6.99. The SMILES string of the molecule is O=CO.O=S(=O)(Cc1cscn1)c1cc(Cl)c(NCc2ccccc2CCN2CCC2)cc1F. The molecule has 1 fully saturated rings. The number of benzene rings is 2. The van der Waals surface area contributed by atoms with Crippen LogP contribution >= 0.6 is 22.9 Å². The third-order valence-corrected chi connectivity index (χ3v) is 8.02. The topological polar surface area (TPSA) is 99.6 Å². The van der Waals surface area contributed by atoms with E-state index >= 15 is 0 Å². The smallest absolute Gasteiger partial charge is 0.290 e. The molecule has 3 aromatic rings. The van der Waals surface area contributed by atoms with Crippen LogP contribution in [0.25, 0.3) is 0 Å². The van der Waals surface area contributed by atoms with E-state index in [1.54, 1.807) is 10.9 Å². The van der Waals surface area contributed by atoms with Crippen molar-refractivity contribution in [2.24, 2.45) is 0 Å². The molecule has 2 heterocycles. The van der Waals surface area contributed by atoms with Gasteiger partial charge in [0.25, 0.3) is 6.47 Å². The summed E-state index contributed by atoms with van der Waals surface area (Å²) in [5, 5.41) is 11.8. The first kappa shape index (κ1) is 26.1. The van der Waals surface area contributed by atoms with Crippen LogP contribution in [0.2, 0.25) is 5.02 Å². The first-order valence-corrected chi connectivity index (χ1v) is 13.5. The number of hydrogen-bond donors (Lipinski definition) is 2. The fourth-order valence-corrected chi connectivity index (χ4v) is 5.85. The molecule has 1 aliphatic heterocycles. The summed E-state index contributed by atoms with van der Waals surface area (Å²) < 4.78 is 39.9. The molecule has 1 aliphatic rings. The van der Waals surface area contributed by atoms with Crippen molar-refractivity contribution in [2.45, 2.75) is 30.0 Å². The van der Waals surface area contributed by atoms with Crippen LogP contribution in [0.4, 0.5) is 10.1 Å². The van der Waals surface area contributed by atoms with Crippen LogP contribution in [-0.4, -0.2) is 49.5 Å². The van der Waals surface area contributed by atoms with E-state index in [9.17, 15) is 12.8 Å². The molecule has 2 aromatic carbocycles. The molecular weight excluding hydrogens is 501 g/mol. The van der Waals surface area contributed by atoms with Crippen molar-refractivity contribution in [3.8, 4) is 0 Å². The molecule has 4 rings (SSSR count). The van der Waals surface area contributed by atoms with Crippen molar-refractivity contribution >= 4 is 44.9 Å². The minimum atomic E-state index is -3.89. The number of likely N-dealkylation sites (tertiary alicyclic amines) is 1. The Morgan fingerprint density at radius 1 is 1.24 bits per heavy atom. The third-order valence-electron chi connectivity index (χ3n) is 5.41. The van der Waals surface area contributed by atoms with Crippen molar-refractivity contribution < 1.29 is 22.7 Å². The minimum absolute atomic E-state index is 0.163. The Kier molecular flexibility index (Phi) is 9.40. The second-order valence-corrected chi connectivity index (χ2v) is 10.8. The summed E-state index contributed by atoms with van der Waals surface area (Å²) >= 11 is 7.60. The van der Waals surface area contributed by atoms with E-state index in [1.807, 2.05) is 18.2 Å². The molecule has 0 unspecified atom stereocenters. The summed E-state index contributed by atoms with van der Waals surface area (Å²) in [6.07, 6.45) is 2.22. The van der Waals surface area contributed by atoms with Crippen LogP contribution in [0.5, 0.6) is 0 Å². The number of carbonyl (C=O) groups is 1. The Morgan fingerprint density at radius 3 is 2.56 bits per heavy atom. The number of nitrogens with one attached hydrogen (secondary N) is 1. The van der Waals surface area contributed by atoms with Crippen LogP contribution < -0.4 is 5.32 Å². The highest BCUT2D eigenvalue weighted by Gasteiger charge is 2.23. The Morgan fingerprint density at radius 2 is 1.94 bits per heavy atom. The molecule has 0 spiro atoms. The van der Waals surface area contributed by atoms with Gasteiger partial charge in [-0.2, -0.15) is 0 Å². The van der Waals surface area contributed by atoms with Crippen LogP contribution in [0, 0.1) is 5.82 Å². The standard InChI is InChI=1S/C22H23ClFN3O2S2.CH2O2/c23-19-10-22(31(28,29)14-18-13-30-15-26-18)20(24)11-21(19)25-12-17-5-2-1-4-16(17)6-9-27-7-3-8-27;2-1-3/h1-2,4-5,10-11,13,15,25H,3,6-9,12,14H2;1H,(H,2,3). The molecule has 0 aliphatic carbocycles. The first-order valence-electron chi connectivity index (χ1n) is 10.5. The number of aromatic nitrogens is 1. The van der Waals surface area contributed by atoms with Gasteiger partial charge in [-0.1, -0.05) is 35.9 Å². The zero-order chi connectivity index (χ0) is 24.6. The van der Waals surface area contributed by atoms with E-state index in [2.05, 4.69) is 21.3 Å². The monoisotopic (exact) mass is 525 g/mol. The number of sulfone groups is 1. The Bertz CT molecular complexity index is 1200. The largest absolute Gasteiger partial charge is 0.483 e. The highest BCUT2D eigenvalue weighted by molar-refractivity contribution is 7.90. The zero-order valence-electron chi connectivity index (χ0n) is 18.3. The molecule has 0 radical (unpaired) electrons. The van der Waals surface area contributed by atoms with Gasteiger partial charge in [0.1, 0.15) is 10.7 Å². The van der Waals surface area contributed by atoms with Crippen molar-refractivity contribution in [1.29, 1.82) is 0 Å². The van der Waals surface area contributed by atoms with Crippen molar-refractivity contribution in [3.63, 3.8) is 0 Å². The van der Waals surface area contributed by atoms with E-state index in [-0.39, 0.29) is 17.2 Å². The van der Waals surface area contributed by atoms with Gasteiger partial charge in [0.15, 0.2) is 9.84 Å². The molecule has 34 heavy (non-hydrogen) atoms. The van der Waals surface area contributed by atoms with Crippen LogP contribution in [0.15, 0.2) is 52.2 Å². The molecule has 11 heteroatoms. The summed E-state index contributed by atoms with van der Waals surface area (Å²) in [5.41, 5.74) is 4.64. The van der Waals surface area contributed by atoms with Crippen molar-refractivity contribution in [1.82, 2.24) is 9.88 Å². The second-order valence-electron chi connectivity index (χ2n) is 7.67. The lowest BCUT2D eigenvalue weighted by Gasteiger charge is -2.30. The summed E-state index contributed by atoms with van der Waals surface area (Å²) in [5.74, 6) is -1.19. The lowest BCUT2D eigenvalue weighted by molar-refractivity contribution is -0.122. The maximum atomic E-state index is 14.7. The number of nitrogens with zero attached hydrogens (tertiary/aromatic N) is 2. The Labute approximate surface area is 207 Å². The number of carboxylic acid groups (broad SMARTS) is 1. The number of anilines is 1. The minimum Gasteiger partial charge on any atom is -0.483 e. The van der Waals surface area contributed by atoms with Gasteiger partial charge in [-0.15, -0.1) is 11.3 Å². The molecule has 1 aromatic heterocycles. The molecule has 1 saturated heterocycles. The Hall–Kier alpha value is -2.53. The lowest BCUT2D eigenvalue weighted by Crippen LogP contribution is -2.38. The van der Waals surface area contributed by atoms with Gasteiger partial charge in [0.05, 0.1) is 27.7 Å².